The van der Waals surface area contributed by atoms with Crippen LogP contribution in [0.3, 0.4) is 0 Å². The highest BCUT2D eigenvalue weighted by molar-refractivity contribution is 5.55. The van der Waals surface area contributed by atoms with Crippen molar-refractivity contribution in [1.29, 1.82) is 0 Å². The van der Waals surface area contributed by atoms with Crippen molar-refractivity contribution in [3.05, 3.63) is 57.7 Å². The maximum Gasteiger partial charge on any atom is 0.311 e. The number of rotatable bonds is 6. The Morgan fingerprint density at radius 1 is 1.25 bits per heavy atom. The highest BCUT2D eigenvalue weighted by Crippen LogP contribution is 2.24. The number of hydrogen-bond donors (Lipinski definition) is 6. The Morgan fingerprint density at radius 3 is 2.62 bits per heavy atom. The van der Waals surface area contributed by atoms with Crippen LogP contribution >= 0.6 is 0 Å². The predicted octanol–water partition coefficient (Wildman–Crippen LogP) is -0.942. The molecule has 0 radical (unpaired) electrons. The van der Waals surface area contributed by atoms with Gasteiger partial charge in [-0.2, -0.15) is 0 Å². The number of benzene rings is 1. The number of hydrogen-bond acceptors (Lipinski definition) is 8. The van der Waals surface area contributed by atoms with Crippen molar-refractivity contribution in [3.8, 4) is 0 Å². The van der Waals surface area contributed by atoms with Crippen molar-refractivity contribution in [1.82, 2.24) is 5.32 Å². The molecule has 10 N–H and O–H groups in total. The molecule has 1 aromatic carbocycles. The molecular formula is C15H22N6O3. The van der Waals surface area contributed by atoms with Crippen LogP contribution in [0.25, 0.3) is 0 Å². The normalized spacial score (nSPS) is 26.2. The molecule has 0 saturated heterocycles. The fraction of sp³-hybridized carbons (Fsp3) is 0.333. The molecule has 0 spiro atoms. The number of nitrogens with one attached hydrogen (secondary N) is 1. The van der Waals surface area contributed by atoms with Gasteiger partial charge in [0.05, 0.1) is 4.92 Å². The summed E-state index contributed by atoms with van der Waals surface area (Å²) in [7, 11) is 0. The van der Waals surface area contributed by atoms with Crippen molar-refractivity contribution in [2.45, 2.75) is 17.8 Å². The second kappa shape index (κ2) is 6.57. The number of aliphatic hydroxyl groups is 1. The summed E-state index contributed by atoms with van der Waals surface area (Å²) in [5.41, 5.74) is 21.7. The third-order valence-electron chi connectivity index (χ3n) is 3.89. The van der Waals surface area contributed by atoms with E-state index in [-0.39, 0.29) is 12.1 Å². The number of anilines is 2. The zero-order chi connectivity index (χ0) is 18.0. The van der Waals surface area contributed by atoms with Gasteiger partial charge in [-0.25, -0.2) is 0 Å². The Bertz CT molecular complexity index is 700. The Balaban J connectivity index is 1.98. The third kappa shape index (κ3) is 3.89. The molecule has 0 bridgehead atoms. The van der Waals surface area contributed by atoms with E-state index in [0.717, 1.165) is 23.8 Å². The quantitative estimate of drug-likeness (QED) is 0.0962. The lowest BCUT2D eigenvalue weighted by Gasteiger charge is -2.29. The SMILES string of the molecule is Nc1ccc(N)c(CCNCC2=CC(N)([N+](=O)[O-])C=CC2(N)O)c1. The molecule has 0 fully saturated rings. The van der Waals surface area contributed by atoms with Crippen LogP contribution in [-0.4, -0.2) is 34.5 Å². The molecule has 2 unspecified atom stereocenters. The highest BCUT2D eigenvalue weighted by atomic mass is 16.6. The molecule has 0 aromatic heterocycles. The minimum absolute atomic E-state index is 0.145. The molecular weight excluding hydrogens is 312 g/mol. The molecule has 0 saturated carbocycles. The Kier molecular flexibility index (Phi) is 4.90. The third-order valence-corrected chi connectivity index (χ3v) is 3.89. The van der Waals surface area contributed by atoms with Gasteiger partial charge >= 0.3 is 5.66 Å². The zero-order valence-electron chi connectivity index (χ0n) is 13.1. The number of nitro groups is 1. The van der Waals surface area contributed by atoms with Crippen LogP contribution < -0.4 is 28.3 Å². The van der Waals surface area contributed by atoms with E-state index in [2.05, 4.69) is 5.32 Å². The maximum absolute atomic E-state index is 11.0. The average molecular weight is 334 g/mol. The number of nitrogens with zero attached hydrogens (tertiary/aromatic N) is 1. The zero-order valence-corrected chi connectivity index (χ0v) is 13.1. The smallest absolute Gasteiger partial charge is 0.311 e. The summed E-state index contributed by atoms with van der Waals surface area (Å²) in [5.74, 6) is 0. The van der Waals surface area contributed by atoms with Gasteiger partial charge in [0, 0.05) is 30.1 Å². The summed E-state index contributed by atoms with van der Waals surface area (Å²) < 4.78 is 0. The Hall–Kier alpha value is -2.46. The Labute approximate surface area is 139 Å². The Morgan fingerprint density at radius 2 is 1.96 bits per heavy atom. The van der Waals surface area contributed by atoms with Gasteiger partial charge in [-0.1, -0.05) is 0 Å². The van der Waals surface area contributed by atoms with E-state index in [9.17, 15) is 15.2 Å². The number of nitrogens with two attached hydrogens (primary N) is 4. The van der Waals surface area contributed by atoms with Gasteiger partial charge in [0.1, 0.15) is 0 Å². The van der Waals surface area contributed by atoms with Gasteiger partial charge in [0.25, 0.3) is 0 Å². The molecule has 0 heterocycles. The molecule has 0 amide bonds. The standard InChI is InChI=1S/C15H22N6O3/c16-12-1-2-13(17)10(7-12)3-6-20-9-11-8-14(18,21(23)24)4-5-15(11,19)22/h1-2,4-5,7-8,20,22H,3,6,9,16-19H2. The van der Waals surface area contributed by atoms with Crippen molar-refractivity contribution >= 4 is 11.4 Å². The molecule has 2 rings (SSSR count). The van der Waals surface area contributed by atoms with E-state index < -0.39 is 16.3 Å². The minimum Gasteiger partial charge on any atom is -0.399 e. The highest BCUT2D eigenvalue weighted by Gasteiger charge is 2.40. The summed E-state index contributed by atoms with van der Waals surface area (Å²) in [5, 5.41) is 24.2. The van der Waals surface area contributed by atoms with Crippen molar-refractivity contribution < 1.29 is 10.0 Å². The first kappa shape index (κ1) is 17.9. The maximum atomic E-state index is 11.0. The van der Waals surface area contributed by atoms with Crippen LogP contribution in [0.5, 0.6) is 0 Å². The van der Waals surface area contributed by atoms with Gasteiger partial charge in [-0.05, 0) is 48.4 Å². The average Bonchev–Trinajstić information content (AvgIpc) is 2.50. The first-order valence-corrected chi connectivity index (χ1v) is 7.36. The van der Waals surface area contributed by atoms with Crippen LogP contribution in [0.15, 0.2) is 42.0 Å². The molecule has 1 aliphatic carbocycles. The van der Waals surface area contributed by atoms with Crippen LogP contribution in [0.1, 0.15) is 5.56 Å². The summed E-state index contributed by atoms with van der Waals surface area (Å²) in [6.07, 6.45) is 3.97. The van der Waals surface area contributed by atoms with Crippen LogP contribution in [-0.2, 0) is 6.42 Å². The summed E-state index contributed by atoms with van der Waals surface area (Å²) >= 11 is 0. The monoisotopic (exact) mass is 334 g/mol. The van der Waals surface area contributed by atoms with Crippen molar-refractivity contribution in [3.63, 3.8) is 0 Å². The predicted molar refractivity (Wildman–Crippen MR) is 92.1 cm³/mol. The second-order valence-electron chi connectivity index (χ2n) is 5.86. The van der Waals surface area contributed by atoms with E-state index in [1.165, 1.54) is 0 Å². The fourth-order valence-electron chi connectivity index (χ4n) is 2.40. The number of nitrogen functional groups attached to an aromatic ring is 2. The van der Waals surface area contributed by atoms with E-state index in [1.807, 2.05) is 0 Å². The van der Waals surface area contributed by atoms with Gasteiger partial charge in [-0.15, -0.1) is 0 Å². The lowest BCUT2D eigenvalue weighted by Crippen LogP contribution is -2.53. The van der Waals surface area contributed by atoms with E-state index in [4.69, 9.17) is 22.9 Å². The van der Waals surface area contributed by atoms with Crippen LogP contribution in [0.2, 0.25) is 0 Å². The lowest BCUT2D eigenvalue weighted by atomic mass is 9.91. The molecule has 0 aliphatic heterocycles. The first-order chi connectivity index (χ1) is 11.1. The van der Waals surface area contributed by atoms with Gasteiger partial charge in [0.2, 0.25) is 0 Å². The minimum atomic E-state index is -1.87. The summed E-state index contributed by atoms with van der Waals surface area (Å²) in [6, 6.07) is 5.24. The van der Waals surface area contributed by atoms with Crippen molar-refractivity contribution in [2.75, 3.05) is 24.6 Å². The van der Waals surface area contributed by atoms with Gasteiger partial charge in [0.15, 0.2) is 5.72 Å². The van der Waals surface area contributed by atoms with Gasteiger partial charge < -0.3 is 21.9 Å². The first-order valence-electron chi connectivity index (χ1n) is 7.36. The molecule has 1 aliphatic rings. The summed E-state index contributed by atoms with van der Waals surface area (Å²) in [4.78, 5) is 10.4. The molecule has 24 heavy (non-hydrogen) atoms. The summed E-state index contributed by atoms with van der Waals surface area (Å²) in [6.45, 7) is 0.660. The second-order valence-corrected chi connectivity index (χ2v) is 5.86. The fourth-order valence-corrected chi connectivity index (χ4v) is 2.40. The molecule has 9 nitrogen and oxygen atoms in total. The van der Waals surface area contributed by atoms with Crippen LogP contribution in [0, 0.1) is 10.1 Å². The van der Waals surface area contributed by atoms with Crippen molar-refractivity contribution in [2.24, 2.45) is 11.5 Å². The topological polar surface area (TPSA) is 179 Å². The molecule has 9 heteroatoms. The largest absolute Gasteiger partial charge is 0.399 e. The van der Waals surface area contributed by atoms with E-state index in [1.54, 1.807) is 18.2 Å². The van der Waals surface area contributed by atoms with E-state index in [0.29, 0.717) is 24.3 Å². The molecule has 2 atom stereocenters. The van der Waals surface area contributed by atoms with Gasteiger partial charge in [-0.3, -0.25) is 21.6 Å². The molecule has 130 valence electrons. The van der Waals surface area contributed by atoms with Crippen LogP contribution in [0.4, 0.5) is 11.4 Å². The molecule has 1 aromatic rings. The van der Waals surface area contributed by atoms with E-state index >= 15 is 0 Å². The lowest BCUT2D eigenvalue weighted by molar-refractivity contribution is -0.540.